The summed E-state index contributed by atoms with van der Waals surface area (Å²) in [5, 5.41) is 0. The summed E-state index contributed by atoms with van der Waals surface area (Å²) < 4.78 is 0. The van der Waals surface area contributed by atoms with Crippen molar-refractivity contribution in [3.05, 3.63) is 12.2 Å². The van der Waals surface area contributed by atoms with Gasteiger partial charge in [0, 0.05) is 0 Å². The van der Waals surface area contributed by atoms with Crippen LogP contribution in [-0.4, -0.2) is 0 Å². The summed E-state index contributed by atoms with van der Waals surface area (Å²) in [7, 11) is 0. The maximum Gasteiger partial charge on any atom is -0.0351 e. The van der Waals surface area contributed by atoms with E-state index in [2.05, 4.69) is 39.8 Å². The highest BCUT2D eigenvalue weighted by atomic mass is 14.2. The van der Waals surface area contributed by atoms with E-state index in [0.717, 1.165) is 11.8 Å². The second kappa shape index (κ2) is 25.0. The van der Waals surface area contributed by atoms with Gasteiger partial charge in [-0.1, -0.05) is 155 Å². The highest BCUT2D eigenvalue weighted by Crippen LogP contribution is 2.27. The van der Waals surface area contributed by atoms with Gasteiger partial charge < -0.3 is 0 Å². The van der Waals surface area contributed by atoms with Crippen molar-refractivity contribution < 1.29 is 0 Å². The molecule has 0 aromatic heterocycles. The molecule has 0 amide bonds. The highest BCUT2D eigenvalue weighted by molar-refractivity contribution is 4.81. The van der Waals surface area contributed by atoms with Crippen molar-refractivity contribution in [2.75, 3.05) is 0 Å². The molecule has 0 aromatic carbocycles. The zero-order valence-electron chi connectivity index (χ0n) is 21.9. The Morgan fingerprint density at radius 1 is 0.467 bits per heavy atom. The summed E-state index contributed by atoms with van der Waals surface area (Å²) in [5.74, 6) is 1.92. The van der Waals surface area contributed by atoms with E-state index in [9.17, 15) is 0 Å². The molecule has 0 fully saturated rings. The van der Waals surface area contributed by atoms with Crippen LogP contribution in [0, 0.1) is 11.8 Å². The summed E-state index contributed by atoms with van der Waals surface area (Å²) in [6, 6.07) is 0. The van der Waals surface area contributed by atoms with Crippen LogP contribution in [0.5, 0.6) is 0 Å². The molecule has 0 bridgehead atoms. The van der Waals surface area contributed by atoms with Crippen LogP contribution in [0.25, 0.3) is 0 Å². The van der Waals surface area contributed by atoms with Gasteiger partial charge in [0.15, 0.2) is 0 Å². The first-order valence-electron chi connectivity index (χ1n) is 14.4. The molecule has 0 heteroatoms. The first-order chi connectivity index (χ1) is 14.8. The highest BCUT2D eigenvalue weighted by Gasteiger charge is 2.15. The van der Waals surface area contributed by atoms with Gasteiger partial charge in [0.25, 0.3) is 0 Å². The predicted octanol–water partition coefficient (Wildman–Crippen LogP) is 11.4. The SMILES string of the molecule is CCCCCC=CCCCCCCCCC(CCCCCCCCCC)C(C)CC. The summed E-state index contributed by atoms with van der Waals surface area (Å²) in [6.07, 6.45) is 36.3. The zero-order valence-corrected chi connectivity index (χ0v) is 21.9. The molecule has 0 radical (unpaired) electrons. The van der Waals surface area contributed by atoms with Crippen LogP contribution in [-0.2, 0) is 0 Å². The second-order valence-electron chi connectivity index (χ2n) is 10.1. The number of hydrogen-bond donors (Lipinski definition) is 0. The molecule has 0 aliphatic carbocycles. The second-order valence-corrected chi connectivity index (χ2v) is 10.1. The third-order valence-corrected chi connectivity index (χ3v) is 7.21. The molecule has 0 aliphatic rings. The van der Waals surface area contributed by atoms with Gasteiger partial charge in [0.1, 0.15) is 0 Å². The largest absolute Gasteiger partial charge is 0.0885 e. The molecule has 2 atom stereocenters. The lowest BCUT2D eigenvalue weighted by Gasteiger charge is -2.23. The van der Waals surface area contributed by atoms with E-state index in [-0.39, 0.29) is 0 Å². The van der Waals surface area contributed by atoms with E-state index >= 15 is 0 Å². The Morgan fingerprint density at radius 3 is 1.30 bits per heavy atom. The van der Waals surface area contributed by atoms with E-state index < -0.39 is 0 Å². The first-order valence-corrected chi connectivity index (χ1v) is 14.4. The van der Waals surface area contributed by atoms with Crippen molar-refractivity contribution in [1.29, 1.82) is 0 Å². The predicted molar refractivity (Wildman–Crippen MR) is 140 cm³/mol. The van der Waals surface area contributed by atoms with Crippen LogP contribution in [0.2, 0.25) is 0 Å². The number of allylic oxidation sites excluding steroid dienone is 2. The van der Waals surface area contributed by atoms with Crippen molar-refractivity contribution in [3.63, 3.8) is 0 Å². The van der Waals surface area contributed by atoms with Gasteiger partial charge in [-0.3, -0.25) is 0 Å². The quantitative estimate of drug-likeness (QED) is 0.107. The van der Waals surface area contributed by atoms with Crippen molar-refractivity contribution in [1.82, 2.24) is 0 Å². The third kappa shape index (κ3) is 21.0. The van der Waals surface area contributed by atoms with Crippen molar-refractivity contribution in [2.45, 2.75) is 169 Å². The molecule has 2 unspecified atom stereocenters. The lowest BCUT2D eigenvalue weighted by Crippen LogP contribution is -2.11. The smallest absolute Gasteiger partial charge is 0.0351 e. The van der Waals surface area contributed by atoms with Crippen LogP contribution >= 0.6 is 0 Å². The van der Waals surface area contributed by atoms with Crippen molar-refractivity contribution in [3.8, 4) is 0 Å². The first kappa shape index (κ1) is 29.7. The Balaban J connectivity index is 3.59. The molecule has 0 heterocycles. The van der Waals surface area contributed by atoms with Crippen LogP contribution in [0.15, 0.2) is 12.2 Å². The van der Waals surface area contributed by atoms with E-state index in [1.54, 1.807) is 0 Å². The molecule has 180 valence electrons. The zero-order chi connectivity index (χ0) is 22.1. The van der Waals surface area contributed by atoms with Gasteiger partial charge >= 0.3 is 0 Å². The maximum absolute atomic E-state index is 2.51. The van der Waals surface area contributed by atoms with Crippen LogP contribution in [0.4, 0.5) is 0 Å². The molecule has 0 rings (SSSR count). The Labute approximate surface area is 193 Å². The Kier molecular flexibility index (Phi) is 24.8. The average Bonchev–Trinajstić information content (AvgIpc) is 2.76. The van der Waals surface area contributed by atoms with Gasteiger partial charge in [-0.05, 0) is 37.5 Å². The fraction of sp³-hybridized carbons (Fsp3) is 0.933. The summed E-state index contributed by atoms with van der Waals surface area (Å²) in [5.41, 5.74) is 0. The lowest BCUT2D eigenvalue weighted by molar-refractivity contribution is 0.288. The summed E-state index contributed by atoms with van der Waals surface area (Å²) in [6.45, 7) is 9.49. The fourth-order valence-electron chi connectivity index (χ4n) is 4.71. The summed E-state index contributed by atoms with van der Waals surface area (Å²) in [4.78, 5) is 0. The lowest BCUT2D eigenvalue weighted by atomic mass is 9.83. The number of rotatable bonds is 24. The Hall–Kier alpha value is -0.260. The molecule has 0 spiro atoms. The molecular weight excluding hydrogens is 360 g/mol. The minimum absolute atomic E-state index is 0.929. The van der Waals surface area contributed by atoms with Crippen LogP contribution < -0.4 is 0 Å². The molecule has 0 aliphatic heterocycles. The molecule has 0 N–H and O–H groups in total. The molecule has 0 saturated heterocycles. The van der Waals surface area contributed by atoms with E-state index in [1.807, 2.05) is 0 Å². The molecule has 0 saturated carbocycles. The topological polar surface area (TPSA) is 0 Å². The number of unbranched alkanes of at least 4 members (excludes halogenated alkanes) is 16. The van der Waals surface area contributed by atoms with Gasteiger partial charge in [-0.25, -0.2) is 0 Å². The van der Waals surface area contributed by atoms with Gasteiger partial charge in [0.05, 0.1) is 0 Å². The standard InChI is InChI=1S/C30H60/c1-5-8-10-12-14-16-17-18-19-20-22-24-26-28-30(29(4)7-3)27-25-23-21-15-13-11-9-6-2/h14,16,29-30H,5-13,15,17-28H2,1-4H3. The minimum Gasteiger partial charge on any atom is -0.0885 e. The van der Waals surface area contributed by atoms with E-state index in [0.29, 0.717) is 0 Å². The van der Waals surface area contributed by atoms with Crippen LogP contribution in [0.1, 0.15) is 169 Å². The summed E-state index contributed by atoms with van der Waals surface area (Å²) >= 11 is 0. The van der Waals surface area contributed by atoms with E-state index in [4.69, 9.17) is 0 Å². The van der Waals surface area contributed by atoms with Gasteiger partial charge in [0.2, 0.25) is 0 Å². The molecular formula is C30H60. The maximum atomic E-state index is 2.51. The Bertz CT molecular complexity index is 329. The van der Waals surface area contributed by atoms with E-state index in [1.165, 1.54) is 141 Å². The number of hydrogen-bond acceptors (Lipinski definition) is 0. The molecule has 0 nitrogen and oxygen atoms in total. The third-order valence-electron chi connectivity index (χ3n) is 7.21. The monoisotopic (exact) mass is 420 g/mol. The average molecular weight is 421 g/mol. The van der Waals surface area contributed by atoms with Gasteiger partial charge in [-0.15, -0.1) is 0 Å². The Morgan fingerprint density at radius 2 is 0.833 bits per heavy atom. The minimum atomic E-state index is 0.929. The fourth-order valence-corrected chi connectivity index (χ4v) is 4.71. The molecule has 30 heavy (non-hydrogen) atoms. The van der Waals surface area contributed by atoms with Crippen molar-refractivity contribution >= 4 is 0 Å². The van der Waals surface area contributed by atoms with Crippen molar-refractivity contribution in [2.24, 2.45) is 11.8 Å². The normalized spacial score (nSPS) is 13.9. The van der Waals surface area contributed by atoms with Crippen LogP contribution in [0.3, 0.4) is 0 Å². The van der Waals surface area contributed by atoms with Gasteiger partial charge in [-0.2, -0.15) is 0 Å². The molecule has 0 aromatic rings.